The van der Waals surface area contributed by atoms with Crippen LogP contribution in [0.1, 0.15) is 33.2 Å². The third kappa shape index (κ3) is 4.85. The predicted molar refractivity (Wildman–Crippen MR) is 105 cm³/mol. The molecule has 2 amide bonds. The van der Waals surface area contributed by atoms with Crippen molar-refractivity contribution >= 4 is 23.2 Å². The zero-order chi connectivity index (χ0) is 19.9. The van der Waals surface area contributed by atoms with Gasteiger partial charge in [0.05, 0.1) is 5.71 Å². The van der Waals surface area contributed by atoms with Gasteiger partial charge in [-0.15, -0.1) is 0 Å². The van der Waals surface area contributed by atoms with Gasteiger partial charge in [0.25, 0.3) is 11.8 Å². The summed E-state index contributed by atoms with van der Waals surface area (Å²) in [4.78, 5) is 28.0. The summed E-state index contributed by atoms with van der Waals surface area (Å²) in [7, 11) is 0. The Morgan fingerprint density at radius 2 is 1.39 bits per heavy atom. The summed E-state index contributed by atoms with van der Waals surface area (Å²) >= 11 is 0. The maximum absolute atomic E-state index is 12.9. The lowest BCUT2D eigenvalue weighted by molar-refractivity contribution is 0.0953. The second kappa shape index (κ2) is 8.68. The predicted octanol–water partition coefficient (Wildman–Crippen LogP) is 3.63. The van der Waals surface area contributed by atoms with Crippen LogP contribution in [0.15, 0.2) is 78.2 Å². The number of halogens is 1. The SMILES string of the molecule is CC(=NNC(=O)c1ccncc1)c1ccc(NC(=O)c2ccc(F)cc2)cc1. The van der Waals surface area contributed by atoms with Crippen molar-refractivity contribution < 1.29 is 14.0 Å². The largest absolute Gasteiger partial charge is 0.322 e. The number of carbonyl (C=O) groups excluding carboxylic acids is 2. The molecule has 3 rings (SSSR count). The normalized spacial score (nSPS) is 11.0. The Labute approximate surface area is 161 Å². The summed E-state index contributed by atoms with van der Waals surface area (Å²) in [6.45, 7) is 1.76. The van der Waals surface area contributed by atoms with Crippen molar-refractivity contribution in [1.82, 2.24) is 10.4 Å². The molecule has 0 radical (unpaired) electrons. The van der Waals surface area contributed by atoms with E-state index in [0.717, 1.165) is 5.56 Å². The van der Waals surface area contributed by atoms with Gasteiger partial charge in [-0.05, 0) is 61.0 Å². The number of hydrogen-bond donors (Lipinski definition) is 2. The zero-order valence-corrected chi connectivity index (χ0v) is 15.0. The van der Waals surface area contributed by atoms with Crippen LogP contribution in [0.5, 0.6) is 0 Å². The Bertz CT molecular complexity index is 1000. The molecule has 0 spiro atoms. The molecular formula is C21H17FN4O2. The number of carbonyl (C=O) groups is 2. The molecule has 28 heavy (non-hydrogen) atoms. The van der Waals surface area contributed by atoms with Gasteiger partial charge in [0.15, 0.2) is 0 Å². The number of rotatable bonds is 5. The zero-order valence-electron chi connectivity index (χ0n) is 15.0. The van der Waals surface area contributed by atoms with E-state index in [0.29, 0.717) is 22.5 Å². The third-order valence-corrected chi connectivity index (χ3v) is 3.93. The van der Waals surface area contributed by atoms with Gasteiger partial charge in [0.2, 0.25) is 0 Å². The van der Waals surface area contributed by atoms with E-state index in [4.69, 9.17) is 0 Å². The number of benzene rings is 2. The minimum atomic E-state index is -0.397. The third-order valence-electron chi connectivity index (χ3n) is 3.93. The molecule has 0 unspecified atom stereocenters. The van der Waals surface area contributed by atoms with Gasteiger partial charge in [-0.1, -0.05) is 12.1 Å². The number of hydrazone groups is 1. The average Bonchev–Trinajstić information content (AvgIpc) is 2.73. The van der Waals surface area contributed by atoms with Crippen molar-refractivity contribution in [3.05, 3.63) is 95.6 Å². The first-order valence-corrected chi connectivity index (χ1v) is 8.45. The average molecular weight is 376 g/mol. The van der Waals surface area contributed by atoms with Gasteiger partial charge >= 0.3 is 0 Å². The lowest BCUT2D eigenvalue weighted by Gasteiger charge is -2.07. The highest BCUT2D eigenvalue weighted by molar-refractivity contribution is 6.05. The molecular weight excluding hydrogens is 359 g/mol. The van der Waals surface area contributed by atoms with Crippen molar-refractivity contribution in [2.45, 2.75) is 6.92 Å². The standard InChI is InChI=1S/C21H17FN4O2/c1-14(25-26-21(28)17-10-12-23-13-11-17)15-4-8-19(9-5-15)24-20(27)16-2-6-18(22)7-3-16/h2-13H,1H3,(H,24,27)(H,26,28). The van der Waals surface area contributed by atoms with Crippen molar-refractivity contribution in [2.75, 3.05) is 5.32 Å². The van der Waals surface area contributed by atoms with Crippen LogP contribution in [0.4, 0.5) is 10.1 Å². The summed E-state index contributed by atoms with van der Waals surface area (Å²) in [6, 6.07) is 15.5. The molecule has 3 aromatic rings. The molecule has 0 saturated carbocycles. The first-order chi connectivity index (χ1) is 13.5. The number of nitrogens with one attached hydrogen (secondary N) is 2. The molecule has 7 heteroatoms. The minimum absolute atomic E-state index is 0.329. The van der Waals surface area contributed by atoms with Gasteiger partial charge in [0.1, 0.15) is 5.82 Å². The van der Waals surface area contributed by atoms with Gasteiger partial charge in [-0.25, -0.2) is 9.82 Å². The van der Waals surface area contributed by atoms with Crippen LogP contribution in [0.2, 0.25) is 0 Å². The number of hydrogen-bond acceptors (Lipinski definition) is 4. The minimum Gasteiger partial charge on any atom is -0.322 e. The topological polar surface area (TPSA) is 83.4 Å². The molecule has 1 aromatic heterocycles. The number of amides is 2. The summed E-state index contributed by atoms with van der Waals surface area (Å²) in [5.74, 6) is -1.06. The lowest BCUT2D eigenvalue weighted by atomic mass is 10.1. The van der Waals surface area contributed by atoms with Crippen LogP contribution < -0.4 is 10.7 Å². The van der Waals surface area contributed by atoms with Crippen LogP contribution in [-0.2, 0) is 0 Å². The molecule has 2 aromatic carbocycles. The van der Waals surface area contributed by atoms with Crippen LogP contribution >= 0.6 is 0 Å². The number of nitrogens with zero attached hydrogens (tertiary/aromatic N) is 2. The van der Waals surface area contributed by atoms with Crippen molar-refractivity contribution in [3.8, 4) is 0 Å². The van der Waals surface area contributed by atoms with E-state index in [1.165, 1.54) is 36.7 Å². The van der Waals surface area contributed by atoms with Crippen LogP contribution in [-0.4, -0.2) is 22.5 Å². The Balaban J connectivity index is 1.62. The first kappa shape index (κ1) is 18.9. The molecule has 0 aliphatic heterocycles. The van der Waals surface area contributed by atoms with E-state index < -0.39 is 5.82 Å². The summed E-state index contributed by atoms with van der Waals surface area (Å²) in [5.41, 5.74) is 5.30. The molecule has 0 atom stereocenters. The summed E-state index contributed by atoms with van der Waals surface area (Å²) in [6.07, 6.45) is 3.06. The fourth-order valence-corrected chi connectivity index (χ4v) is 2.37. The van der Waals surface area contributed by atoms with E-state index in [-0.39, 0.29) is 11.8 Å². The van der Waals surface area contributed by atoms with Crippen molar-refractivity contribution in [1.29, 1.82) is 0 Å². The second-order valence-electron chi connectivity index (χ2n) is 5.91. The number of pyridine rings is 1. The highest BCUT2D eigenvalue weighted by Gasteiger charge is 2.07. The maximum atomic E-state index is 12.9. The lowest BCUT2D eigenvalue weighted by Crippen LogP contribution is -2.19. The molecule has 0 aliphatic rings. The highest BCUT2D eigenvalue weighted by Crippen LogP contribution is 2.13. The van der Waals surface area contributed by atoms with Crippen molar-refractivity contribution in [2.24, 2.45) is 5.10 Å². The van der Waals surface area contributed by atoms with Gasteiger partial charge < -0.3 is 5.32 Å². The Hall–Kier alpha value is -3.87. The summed E-state index contributed by atoms with van der Waals surface area (Å²) in [5, 5.41) is 6.83. The molecule has 0 fully saturated rings. The Kier molecular flexibility index (Phi) is 5.86. The van der Waals surface area contributed by atoms with Gasteiger partial charge in [-0.2, -0.15) is 5.10 Å². The van der Waals surface area contributed by atoms with Crippen molar-refractivity contribution in [3.63, 3.8) is 0 Å². The van der Waals surface area contributed by atoms with E-state index in [9.17, 15) is 14.0 Å². The number of aromatic nitrogens is 1. The monoisotopic (exact) mass is 376 g/mol. The molecule has 0 bridgehead atoms. The van der Waals surface area contributed by atoms with Crippen LogP contribution in [0, 0.1) is 5.82 Å². The van der Waals surface area contributed by atoms with E-state index in [1.807, 2.05) is 0 Å². The fourth-order valence-electron chi connectivity index (χ4n) is 2.37. The molecule has 6 nitrogen and oxygen atoms in total. The maximum Gasteiger partial charge on any atom is 0.271 e. The first-order valence-electron chi connectivity index (χ1n) is 8.45. The highest BCUT2D eigenvalue weighted by atomic mass is 19.1. The van der Waals surface area contributed by atoms with E-state index in [1.54, 1.807) is 43.3 Å². The van der Waals surface area contributed by atoms with Crippen LogP contribution in [0.3, 0.4) is 0 Å². The fraction of sp³-hybridized carbons (Fsp3) is 0.0476. The second-order valence-corrected chi connectivity index (χ2v) is 5.91. The quantitative estimate of drug-likeness (QED) is 0.527. The van der Waals surface area contributed by atoms with E-state index >= 15 is 0 Å². The van der Waals surface area contributed by atoms with Crippen LogP contribution in [0.25, 0.3) is 0 Å². The molecule has 2 N–H and O–H groups in total. The van der Waals surface area contributed by atoms with Gasteiger partial charge in [0, 0.05) is 29.2 Å². The molecule has 0 aliphatic carbocycles. The molecule has 140 valence electrons. The smallest absolute Gasteiger partial charge is 0.271 e. The Morgan fingerprint density at radius 1 is 0.821 bits per heavy atom. The number of anilines is 1. The Morgan fingerprint density at radius 3 is 2.04 bits per heavy atom. The van der Waals surface area contributed by atoms with E-state index in [2.05, 4.69) is 20.8 Å². The molecule has 0 saturated heterocycles. The molecule has 1 heterocycles. The summed E-state index contributed by atoms with van der Waals surface area (Å²) < 4.78 is 12.9. The van der Waals surface area contributed by atoms with Gasteiger partial charge in [-0.3, -0.25) is 14.6 Å².